The highest BCUT2D eigenvalue weighted by molar-refractivity contribution is 5.97. The second-order valence-corrected chi connectivity index (χ2v) is 5.48. The number of hydrogen-bond acceptors (Lipinski definition) is 5. The molecule has 0 aliphatic carbocycles. The number of nitrogen functional groups attached to an aromatic ring is 1. The summed E-state index contributed by atoms with van der Waals surface area (Å²) in [5.41, 5.74) is 7.83. The molecule has 1 aliphatic heterocycles. The summed E-state index contributed by atoms with van der Waals surface area (Å²) in [6.45, 7) is 7.09. The molecule has 1 aromatic carbocycles. The zero-order valence-corrected chi connectivity index (χ0v) is 12.3. The van der Waals surface area contributed by atoms with Crippen molar-refractivity contribution in [3.63, 3.8) is 0 Å². The molecule has 1 heterocycles. The Bertz CT molecular complexity index is 488. The smallest absolute Gasteiger partial charge is 0.340 e. The van der Waals surface area contributed by atoms with Crippen LogP contribution in [0.25, 0.3) is 0 Å². The summed E-state index contributed by atoms with van der Waals surface area (Å²) in [5, 5.41) is 3.41. The van der Waals surface area contributed by atoms with Gasteiger partial charge in [-0.25, -0.2) is 4.79 Å². The van der Waals surface area contributed by atoms with Gasteiger partial charge in [0, 0.05) is 31.4 Å². The highest BCUT2D eigenvalue weighted by Crippen LogP contribution is 2.28. The van der Waals surface area contributed by atoms with Crippen LogP contribution in [-0.2, 0) is 4.74 Å². The number of carbonyl (C=O) groups is 1. The Kier molecular flexibility index (Phi) is 4.49. The van der Waals surface area contributed by atoms with Gasteiger partial charge in [-0.2, -0.15) is 0 Å². The normalized spacial score (nSPS) is 19.2. The average molecular weight is 277 g/mol. The predicted octanol–water partition coefficient (Wildman–Crippen LogP) is 1.49. The van der Waals surface area contributed by atoms with E-state index in [-0.39, 0.29) is 5.97 Å². The minimum Gasteiger partial charge on any atom is -0.465 e. The molecule has 1 fully saturated rings. The van der Waals surface area contributed by atoms with E-state index in [1.54, 1.807) is 6.07 Å². The van der Waals surface area contributed by atoms with Crippen molar-refractivity contribution in [2.45, 2.75) is 19.9 Å². The van der Waals surface area contributed by atoms with Gasteiger partial charge in [0.15, 0.2) is 0 Å². The SMILES string of the molecule is COC(=O)c1cc(N)ccc1N1CCNC[C@H]1C(C)C. The van der Waals surface area contributed by atoms with Gasteiger partial charge in [-0.3, -0.25) is 0 Å². The lowest BCUT2D eigenvalue weighted by Gasteiger charge is -2.41. The van der Waals surface area contributed by atoms with Gasteiger partial charge >= 0.3 is 5.97 Å². The fraction of sp³-hybridized carbons (Fsp3) is 0.533. The number of benzene rings is 1. The minimum absolute atomic E-state index is 0.340. The number of anilines is 2. The molecule has 110 valence electrons. The van der Waals surface area contributed by atoms with Crippen LogP contribution in [0.5, 0.6) is 0 Å². The molecule has 0 unspecified atom stereocenters. The van der Waals surface area contributed by atoms with Crippen molar-refractivity contribution in [1.82, 2.24) is 5.32 Å². The molecule has 3 N–H and O–H groups in total. The molecule has 5 heteroatoms. The van der Waals surface area contributed by atoms with E-state index in [1.165, 1.54) is 7.11 Å². The van der Waals surface area contributed by atoms with Crippen LogP contribution in [0.2, 0.25) is 0 Å². The predicted molar refractivity (Wildman–Crippen MR) is 81.0 cm³/mol. The number of ether oxygens (including phenoxy) is 1. The number of rotatable bonds is 3. The molecule has 1 saturated heterocycles. The number of piperazine rings is 1. The Morgan fingerprint density at radius 3 is 2.90 bits per heavy atom. The first kappa shape index (κ1) is 14.7. The zero-order chi connectivity index (χ0) is 14.7. The molecule has 0 aromatic heterocycles. The van der Waals surface area contributed by atoms with E-state index >= 15 is 0 Å². The quantitative estimate of drug-likeness (QED) is 0.647. The van der Waals surface area contributed by atoms with Crippen LogP contribution in [-0.4, -0.2) is 38.8 Å². The van der Waals surface area contributed by atoms with Crippen molar-refractivity contribution in [1.29, 1.82) is 0 Å². The molecule has 0 radical (unpaired) electrons. The van der Waals surface area contributed by atoms with Crippen LogP contribution in [0.4, 0.5) is 11.4 Å². The maximum absolute atomic E-state index is 12.0. The lowest BCUT2D eigenvalue weighted by Crippen LogP contribution is -2.54. The molecule has 0 bridgehead atoms. The van der Waals surface area contributed by atoms with Gasteiger partial charge in [-0.15, -0.1) is 0 Å². The number of methoxy groups -OCH3 is 1. The van der Waals surface area contributed by atoms with Crippen LogP contribution in [0, 0.1) is 5.92 Å². The van der Waals surface area contributed by atoms with E-state index in [9.17, 15) is 4.79 Å². The van der Waals surface area contributed by atoms with Crippen molar-refractivity contribution in [2.75, 3.05) is 37.4 Å². The van der Waals surface area contributed by atoms with Crippen LogP contribution in [0.15, 0.2) is 18.2 Å². The maximum atomic E-state index is 12.0. The first-order valence-corrected chi connectivity index (χ1v) is 6.99. The van der Waals surface area contributed by atoms with Crippen LogP contribution in [0.3, 0.4) is 0 Å². The van der Waals surface area contributed by atoms with E-state index in [4.69, 9.17) is 10.5 Å². The van der Waals surface area contributed by atoms with Crippen LogP contribution < -0.4 is 16.0 Å². The van der Waals surface area contributed by atoms with Gasteiger partial charge in [0.2, 0.25) is 0 Å². The molecular formula is C15H23N3O2. The van der Waals surface area contributed by atoms with Gasteiger partial charge in [-0.1, -0.05) is 13.8 Å². The number of hydrogen-bond donors (Lipinski definition) is 2. The average Bonchev–Trinajstić information content (AvgIpc) is 2.46. The number of nitrogens with one attached hydrogen (secondary N) is 1. The second-order valence-electron chi connectivity index (χ2n) is 5.48. The van der Waals surface area contributed by atoms with E-state index in [0.29, 0.717) is 23.2 Å². The summed E-state index contributed by atoms with van der Waals surface area (Å²) >= 11 is 0. The molecule has 0 amide bonds. The van der Waals surface area contributed by atoms with E-state index in [2.05, 4.69) is 24.1 Å². The van der Waals surface area contributed by atoms with E-state index in [1.807, 2.05) is 12.1 Å². The molecule has 2 rings (SSSR count). The third-order valence-electron chi connectivity index (χ3n) is 3.79. The number of esters is 1. The third kappa shape index (κ3) is 2.88. The molecule has 1 aliphatic rings. The van der Waals surface area contributed by atoms with Gasteiger partial charge in [0.25, 0.3) is 0 Å². The van der Waals surface area contributed by atoms with Crippen LogP contribution >= 0.6 is 0 Å². The Labute approximate surface area is 120 Å². The zero-order valence-electron chi connectivity index (χ0n) is 12.3. The lowest BCUT2D eigenvalue weighted by molar-refractivity contribution is 0.0601. The summed E-state index contributed by atoms with van der Waals surface area (Å²) in [4.78, 5) is 14.3. The van der Waals surface area contributed by atoms with Gasteiger partial charge < -0.3 is 20.7 Å². The minimum atomic E-state index is -0.340. The molecule has 0 saturated carbocycles. The Morgan fingerprint density at radius 2 is 2.25 bits per heavy atom. The fourth-order valence-electron chi connectivity index (χ4n) is 2.70. The highest BCUT2D eigenvalue weighted by Gasteiger charge is 2.28. The Hall–Kier alpha value is -1.75. The summed E-state index contributed by atoms with van der Waals surface area (Å²) in [6.07, 6.45) is 0. The summed E-state index contributed by atoms with van der Waals surface area (Å²) in [6, 6.07) is 5.81. The number of nitrogens with two attached hydrogens (primary N) is 1. The summed E-state index contributed by atoms with van der Waals surface area (Å²) < 4.78 is 4.88. The number of nitrogens with zero attached hydrogens (tertiary/aromatic N) is 1. The van der Waals surface area contributed by atoms with Crippen molar-refractivity contribution in [3.8, 4) is 0 Å². The standard InChI is InChI=1S/C15H23N3O2/c1-10(2)14-9-17-6-7-18(14)13-5-4-11(16)8-12(13)15(19)20-3/h4-5,8,10,14,17H,6-7,9,16H2,1-3H3/t14-/m0/s1. The first-order valence-electron chi connectivity index (χ1n) is 6.99. The molecule has 20 heavy (non-hydrogen) atoms. The molecule has 5 nitrogen and oxygen atoms in total. The van der Waals surface area contributed by atoms with Crippen LogP contribution in [0.1, 0.15) is 24.2 Å². The molecule has 0 spiro atoms. The fourth-order valence-corrected chi connectivity index (χ4v) is 2.70. The van der Waals surface area contributed by atoms with Gasteiger partial charge in [-0.05, 0) is 24.1 Å². The molecule has 1 aromatic rings. The van der Waals surface area contributed by atoms with Gasteiger partial charge in [0.1, 0.15) is 0 Å². The van der Waals surface area contributed by atoms with Crippen molar-refractivity contribution < 1.29 is 9.53 Å². The lowest BCUT2D eigenvalue weighted by atomic mass is 9.98. The maximum Gasteiger partial charge on any atom is 0.340 e. The third-order valence-corrected chi connectivity index (χ3v) is 3.79. The Morgan fingerprint density at radius 1 is 1.50 bits per heavy atom. The van der Waals surface area contributed by atoms with E-state index in [0.717, 1.165) is 25.3 Å². The number of carbonyl (C=O) groups excluding carboxylic acids is 1. The molecular weight excluding hydrogens is 254 g/mol. The van der Waals surface area contributed by atoms with Crippen molar-refractivity contribution >= 4 is 17.3 Å². The van der Waals surface area contributed by atoms with Crippen molar-refractivity contribution in [2.24, 2.45) is 5.92 Å². The van der Waals surface area contributed by atoms with Gasteiger partial charge in [0.05, 0.1) is 18.4 Å². The monoisotopic (exact) mass is 277 g/mol. The summed E-state index contributed by atoms with van der Waals surface area (Å²) in [5.74, 6) is 0.152. The van der Waals surface area contributed by atoms with E-state index < -0.39 is 0 Å². The molecule has 1 atom stereocenters. The first-order chi connectivity index (χ1) is 9.54. The largest absolute Gasteiger partial charge is 0.465 e. The second kappa shape index (κ2) is 6.13. The van der Waals surface area contributed by atoms with Crippen molar-refractivity contribution in [3.05, 3.63) is 23.8 Å². The summed E-state index contributed by atoms with van der Waals surface area (Å²) in [7, 11) is 1.40. The highest BCUT2D eigenvalue weighted by atomic mass is 16.5. The Balaban J connectivity index is 2.41. The topological polar surface area (TPSA) is 67.6 Å².